The largest absolute Gasteiger partial charge is 0.222 e. The van der Waals surface area contributed by atoms with E-state index in [9.17, 15) is 0 Å². The number of thiazole rings is 2. The van der Waals surface area contributed by atoms with Gasteiger partial charge in [0.15, 0.2) is 9.66 Å². The monoisotopic (exact) mass is 1210 g/mol. The second-order valence-corrected chi connectivity index (χ2v) is 30.0. The van der Waals surface area contributed by atoms with Crippen molar-refractivity contribution in [1.82, 2.24) is 27.5 Å². The van der Waals surface area contributed by atoms with Crippen molar-refractivity contribution in [2.45, 2.75) is 259 Å². The number of nitrogens with zero attached hydrogens (tertiary/aromatic N) is 6. The molecule has 2 aliphatic carbocycles. The summed E-state index contributed by atoms with van der Waals surface area (Å²) in [5.41, 5.74) is 21.3. The Hall–Kier alpha value is -3.78. The Balaban J connectivity index is 1.08. The Morgan fingerprint density at radius 3 is 1.26 bits per heavy atom. The van der Waals surface area contributed by atoms with Gasteiger partial charge in [-0.2, -0.15) is 17.5 Å². The maximum Gasteiger partial charge on any atom is 0.155 e. The van der Waals surface area contributed by atoms with Crippen LogP contribution in [0, 0.1) is 13.8 Å². The van der Waals surface area contributed by atoms with Crippen molar-refractivity contribution in [3.63, 3.8) is 0 Å². The normalized spacial score (nSPS) is 14.0. The zero-order valence-electron chi connectivity index (χ0n) is 50.8. The quantitative estimate of drug-likeness (QED) is 0.0382. The zero-order valence-corrected chi connectivity index (χ0v) is 55.7. The molecule has 0 atom stereocenters. The summed E-state index contributed by atoms with van der Waals surface area (Å²) < 4.78 is 21.1. The van der Waals surface area contributed by atoms with E-state index in [0.717, 1.165) is 67.4 Å². The lowest BCUT2D eigenvalue weighted by Crippen LogP contribution is -2.27. The average molecular weight is 1210 g/mol. The van der Waals surface area contributed by atoms with Crippen molar-refractivity contribution in [3.8, 4) is 52.5 Å². The molecule has 0 saturated carbocycles. The van der Waals surface area contributed by atoms with Gasteiger partial charge in [-0.25, -0.2) is 9.97 Å². The van der Waals surface area contributed by atoms with Gasteiger partial charge in [0, 0.05) is 37.3 Å². The maximum atomic E-state index is 5.51. The van der Waals surface area contributed by atoms with E-state index in [0.29, 0.717) is 0 Å². The van der Waals surface area contributed by atoms with Crippen LogP contribution in [0.2, 0.25) is 0 Å². The second-order valence-electron chi connectivity index (χ2n) is 24.7. The van der Waals surface area contributed by atoms with Crippen LogP contribution in [0.3, 0.4) is 0 Å². The Labute approximate surface area is 515 Å². The van der Waals surface area contributed by atoms with E-state index in [2.05, 4.69) is 91.8 Å². The summed E-state index contributed by atoms with van der Waals surface area (Å²) in [4.78, 5) is 18.4. The molecule has 0 bridgehead atoms. The minimum Gasteiger partial charge on any atom is -0.222 e. The molecule has 2 aliphatic rings. The van der Waals surface area contributed by atoms with Crippen LogP contribution in [0.4, 0.5) is 0 Å². The molecule has 6 aromatic heterocycles. The Morgan fingerprint density at radius 1 is 0.366 bits per heavy atom. The van der Waals surface area contributed by atoms with Gasteiger partial charge in [-0.15, -0.1) is 22.7 Å². The third-order valence-electron chi connectivity index (χ3n) is 18.8. The molecule has 0 spiro atoms. The first-order valence-electron chi connectivity index (χ1n) is 32.5. The maximum absolute atomic E-state index is 5.51. The minimum absolute atomic E-state index is 0.0844. The summed E-state index contributed by atoms with van der Waals surface area (Å²) in [5, 5.41) is 2.26. The van der Waals surface area contributed by atoms with Crippen molar-refractivity contribution < 1.29 is 0 Å². The minimum atomic E-state index is -0.159. The first kappa shape index (κ1) is 59.9. The van der Waals surface area contributed by atoms with Gasteiger partial charge in [0.25, 0.3) is 0 Å². The van der Waals surface area contributed by atoms with E-state index in [4.69, 9.17) is 27.5 Å². The molecule has 0 unspecified atom stereocenters. The summed E-state index contributed by atoms with van der Waals surface area (Å²) in [5.74, 6) is 0. The standard InChI is InChI=1S/C70H90N6S6/c1-9-15-21-27-33-47-40-46(8)77-63(47)65-71-67-68(79-65)72-66(80-67)64-48(34-28-22-16-10-2)41-56(78-64)51-44-55-58(62-60(51)74-82-76-62)50-43-52-49(42-53(50)70(55,37-31-25-19-13-5)38-32-26-20-14-6)57-54(39-45(7)59-61(57)75-81-73-59)69(52,35-29-23-17-11-3)36-30-24-18-12-4/h39-44H,9-38H2,1-8H3. The molecule has 0 fully saturated rings. The number of aryl methyl sites for hydroxylation is 4. The van der Waals surface area contributed by atoms with Crippen molar-refractivity contribution in [2.24, 2.45) is 0 Å². The molecule has 6 nitrogen and oxygen atoms in total. The molecule has 0 aliphatic heterocycles. The molecule has 9 aromatic rings. The summed E-state index contributed by atoms with van der Waals surface area (Å²) >= 11 is 10.3. The molecule has 0 saturated heterocycles. The van der Waals surface area contributed by atoms with E-state index >= 15 is 0 Å². The van der Waals surface area contributed by atoms with E-state index in [1.165, 1.54) is 271 Å². The topological polar surface area (TPSA) is 77.3 Å². The van der Waals surface area contributed by atoms with Gasteiger partial charge >= 0.3 is 0 Å². The summed E-state index contributed by atoms with van der Waals surface area (Å²) in [6.07, 6.45) is 36.8. The van der Waals surface area contributed by atoms with Crippen LogP contribution in [-0.4, -0.2) is 27.5 Å². The fourth-order valence-corrected chi connectivity index (χ4v) is 20.3. The van der Waals surface area contributed by atoms with Crippen molar-refractivity contribution in [3.05, 3.63) is 80.2 Å². The fourth-order valence-electron chi connectivity index (χ4n) is 14.5. The second kappa shape index (κ2) is 27.3. The molecule has 6 heterocycles. The molecule has 0 N–H and O–H groups in total. The molecular weight excluding hydrogens is 1120 g/mol. The SMILES string of the molecule is CCCCCCc1cc(C)sc1-c1nc2sc(-c3sc(-c4cc5c(c6nsnc46)-c4cc6c(cc4C5(CCCCCC)CCCCCC)-c4c(cc(C)c5nsnc45)C6(CCCCCC)CCCCCC)cc3CCCCCC)nc2s1. The van der Waals surface area contributed by atoms with Crippen LogP contribution in [-0.2, 0) is 23.7 Å². The van der Waals surface area contributed by atoms with Crippen LogP contribution in [0.1, 0.15) is 265 Å². The first-order chi connectivity index (χ1) is 40.2. The highest BCUT2D eigenvalue weighted by molar-refractivity contribution is 7.32. The molecule has 436 valence electrons. The predicted molar refractivity (Wildman–Crippen MR) is 362 cm³/mol. The van der Waals surface area contributed by atoms with Gasteiger partial charge in [0.05, 0.1) is 33.2 Å². The van der Waals surface area contributed by atoms with E-state index in [1.807, 2.05) is 22.7 Å². The number of hydrogen-bond donors (Lipinski definition) is 0. The highest BCUT2D eigenvalue weighted by Gasteiger charge is 2.50. The highest BCUT2D eigenvalue weighted by Crippen LogP contribution is 2.64. The first-order valence-corrected chi connectivity index (χ1v) is 37.2. The van der Waals surface area contributed by atoms with Gasteiger partial charge in [-0.1, -0.05) is 212 Å². The number of fused-ring (bicyclic) bond motifs is 11. The van der Waals surface area contributed by atoms with Crippen molar-refractivity contribution >= 4 is 101 Å². The lowest BCUT2D eigenvalue weighted by Gasteiger charge is -2.35. The van der Waals surface area contributed by atoms with Crippen LogP contribution in [0.5, 0.6) is 0 Å². The molecule has 12 heteroatoms. The van der Waals surface area contributed by atoms with Crippen LogP contribution < -0.4 is 0 Å². The summed E-state index contributed by atoms with van der Waals surface area (Å²) in [6, 6.07) is 15.7. The predicted octanol–water partition coefficient (Wildman–Crippen LogP) is 24.2. The lowest BCUT2D eigenvalue weighted by atomic mass is 9.68. The number of unbranched alkanes of at least 4 members (excludes halogenated alkanes) is 18. The third kappa shape index (κ3) is 11.7. The van der Waals surface area contributed by atoms with E-state index in [1.54, 1.807) is 28.2 Å². The molecule has 82 heavy (non-hydrogen) atoms. The Kier molecular flexibility index (Phi) is 19.9. The molecule has 3 aromatic carbocycles. The lowest BCUT2D eigenvalue weighted by molar-refractivity contribution is 0.397. The van der Waals surface area contributed by atoms with Crippen LogP contribution in [0.15, 0.2) is 36.4 Å². The van der Waals surface area contributed by atoms with Crippen molar-refractivity contribution in [2.75, 3.05) is 0 Å². The summed E-state index contributed by atoms with van der Waals surface area (Å²) in [7, 11) is 0. The molecule has 0 amide bonds. The number of rotatable bonds is 33. The Bertz CT molecular complexity index is 3540. The number of hydrogen-bond acceptors (Lipinski definition) is 12. The van der Waals surface area contributed by atoms with E-state index < -0.39 is 0 Å². The van der Waals surface area contributed by atoms with Gasteiger partial charge in [-0.3, -0.25) is 0 Å². The highest BCUT2D eigenvalue weighted by atomic mass is 32.1. The molecule has 11 rings (SSSR count). The van der Waals surface area contributed by atoms with Gasteiger partial charge in [0.1, 0.15) is 32.1 Å². The molecular formula is C70H90N6S6. The van der Waals surface area contributed by atoms with Crippen LogP contribution in [0.25, 0.3) is 84.2 Å². The van der Waals surface area contributed by atoms with E-state index in [-0.39, 0.29) is 10.8 Å². The van der Waals surface area contributed by atoms with Gasteiger partial charge < -0.3 is 0 Å². The zero-order chi connectivity index (χ0) is 56.8. The summed E-state index contributed by atoms with van der Waals surface area (Å²) in [6.45, 7) is 18.6. The number of aromatic nitrogens is 6. The van der Waals surface area contributed by atoms with Crippen molar-refractivity contribution in [1.29, 1.82) is 0 Å². The van der Waals surface area contributed by atoms with Crippen LogP contribution >= 0.6 is 68.8 Å². The smallest absolute Gasteiger partial charge is 0.155 e. The molecule has 0 radical (unpaired) electrons. The van der Waals surface area contributed by atoms with Gasteiger partial charge in [-0.05, 0) is 146 Å². The number of benzene rings is 3. The fraction of sp³-hybridized carbons (Fsp3) is 0.571. The Morgan fingerprint density at radius 2 is 0.768 bits per heavy atom. The van der Waals surface area contributed by atoms with Gasteiger partial charge in [0.2, 0.25) is 0 Å². The average Bonchev–Trinajstić information content (AvgIpc) is 1.67. The number of thiophene rings is 2. The third-order valence-corrected chi connectivity index (χ3v) is 24.5.